The van der Waals surface area contributed by atoms with Crippen molar-refractivity contribution >= 4 is 6.03 Å². The Labute approximate surface area is 139 Å². The molecule has 1 fully saturated rings. The maximum atomic E-state index is 11.7. The van der Waals surface area contributed by atoms with Crippen LogP contribution in [0.3, 0.4) is 0 Å². The summed E-state index contributed by atoms with van der Waals surface area (Å²) in [6.45, 7) is 9.88. The number of nitrogens with one attached hydrogen (secondary N) is 2. The van der Waals surface area contributed by atoms with Gasteiger partial charge in [0.15, 0.2) is 0 Å². The second-order valence-corrected chi connectivity index (χ2v) is 6.76. The van der Waals surface area contributed by atoms with Gasteiger partial charge in [-0.15, -0.1) is 0 Å². The molecule has 1 atom stereocenters. The van der Waals surface area contributed by atoms with Gasteiger partial charge >= 0.3 is 6.03 Å². The van der Waals surface area contributed by atoms with E-state index in [4.69, 9.17) is 0 Å². The van der Waals surface area contributed by atoms with Gasteiger partial charge in [-0.05, 0) is 57.2 Å². The maximum absolute atomic E-state index is 11.7. The molecule has 0 bridgehead atoms. The van der Waals surface area contributed by atoms with Gasteiger partial charge < -0.3 is 10.6 Å². The average molecular weight is 318 g/mol. The number of carbonyl (C=O) groups excluding carboxylic acids is 1. The summed E-state index contributed by atoms with van der Waals surface area (Å²) in [6.07, 6.45) is 5.38. The molecule has 2 rings (SSSR count). The molecule has 1 saturated heterocycles. The van der Waals surface area contributed by atoms with Crippen LogP contribution in [0.2, 0.25) is 0 Å². The van der Waals surface area contributed by atoms with E-state index >= 15 is 0 Å². The molecule has 1 aliphatic rings. The average Bonchev–Trinajstić information content (AvgIpc) is 2.53. The Kier molecular flexibility index (Phi) is 6.84. The summed E-state index contributed by atoms with van der Waals surface area (Å²) in [4.78, 5) is 18.7. The highest BCUT2D eigenvalue weighted by molar-refractivity contribution is 5.74. The molecule has 128 valence electrons. The van der Waals surface area contributed by atoms with E-state index in [9.17, 15) is 4.79 Å². The Morgan fingerprint density at radius 1 is 1.43 bits per heavy atom. The number of urea groups is 1. The molecule has 1 aromatic rings. The van der Waals surface area contributed by atoms with Crippen molar-refractivity contribution in [2.45, 2.75) is 52.6 Å². The minimum absolute atomic E-state index is 0.0612. The standard InChI is InChI=1S/C18H30N4O/c1-4-15-7-8-17(19-10-15)13-22-9-5-6-16(12-22)11-20-18(23)21-14(2)3/h7-8,10,14,16H,4-6,9,11-13H2,1-3H3,(H2,20,21,23)/t16-/m1/s1. The van der Waals surface area contributed by atoms with E-state index in [2.05, 4.69) is 39.6 Å². The zero-order valence-corrected chi connectivity index (χ0v) is 14.6. The first kappa shape index (κ1) is 17.7. The highest BCUT2D eigenvalue weighted by atomic mass is 16.2. The molecule has 1 aliphatic heterocycles. The second kappa shape index (κ2) is 8.87. The molecule has 0 spiro atoms. The molecular formula is C18H30N4O. The monoisotopic (exact) mass is 318 g/mol. The second-order valence-electron chi connectivity index (χ2n) is 6.76. The summed E-state index contributed by atoms with van der Waals surface area (Å²) in [7, 11) is 0. The summed E-state index contributed by atoms with van der Waals surface area (Å²) >= 11 is 0. The van der Waals surface area contributed by atoms with E-state index in [1.165, 1.54) is 18.4 Å². The molecule has 1 aromatic heterocycles. The van der Waals surface area contributed by atoms with Crippen LogP contribution in [-0.4, -0.2) is 41.6 Å². The number of carbonyl (C=O) groups is 1. The fourth-order valence-electron chi connectivity index (χ4n) is 3.00. The molecule has 23 heavy (non-hydrogen) atoms. The highest BCUT2D eigenvalue weighted by Crippen LogP contribution is 2.17. The number of pyridine rings is 1. The zero-order chi connectivity index (χ0) is 16.7. The topological polar surface area (TPSA) is 57.3 Å². The van der Waals surface area contributed by atoms with Gasteiger partial charge in [-0.3, -0.25) is 9.88 Å². The molecule has 2 N–H and O–H groups in total. The molecule has 0 unspecified atom stereocenters. The normalized spacial score (nSPS) is 18.9. The van der Waals surface area contributed by atoms with Crippen LogP contribution in [0.15, 0.2) is 18.3 Å². The predicted octanol–water partition coefficient (Wildman–Crippen LogP) is 2.56. The molecule has 0 saturated carbocycles. The van der Waals surface area contributed by atoms with Crippen LogP contribution >= 0.6 is 0 Å². The van der Waals surface area contributed by atoms with Gasteiger partial charge in [0, 0.05) is 31.9 Å². The molecule has 2 amide bonds. The molecular weight excluding hydrogens is 288 g/mol. The van der Waals surface area contributed by atoms with Gasteiger partial charge in [0.25, 0.3) is 0 Å². The number of amides is 2. The van der Waals surface area contributed by atoms with Crippen LogP contribution in [0, 0.1) is 5.92 Å². The van der Waals surface area contributed by atoms with Crippen LogP contribution in [0.1, 0.15) is 44.9 Å². The minimum Gasteiger partial charge on any atom is -0.338 e. The number of aromatic nitrogens is 1. The first-order chi connectivity index (χ1) is 11.1. The fraction of sp³-hybridized carbons (Fsp3) is 0.667. The molecule has 5 nitrogen and oxygen atoms in total. The van der Waals surface area contributed by atoms with Gasteiger partial charge in [-0.2, -0.15) is 0 Å². The lowest BCUT2D eigenvalue weighted by molar-refractivity contribution is 0.163. The third-order valence-electron chi connectivity index (χ3n) is 4.25. The number of nitrogens with zero attached hydrogens (tertiary/aromatic N) is 2. The van der Waals surface area contributed by atoms with E-state index < -0.39 is 0 Å². The van der Waals surface area contributed by atoms with Gasteiger partial charge in [-0.1, -0.05) is 13.0 Å². The van der Waals surface area contributed by atoms with Crippen molar-refractivity contribution in [3.8, 4) is 0 Å². The van der Waals surface area contributed by atoms with Crippen LogP contribution < -0.4 is 10.6 Å². The molecule has 0 radical (unpaired) electrons. The Morgan fingerprint density at radius 2 is 2.26 bits per heavy atom. The smallest absolute Gasteiger partial charge is 0.314 e. The first-order valence-corrected chi connectivity index (χ1v) is 8.77. The lowest BCUT2D eigenvalue weighted by atomic mass is 9.98. The molecule has 0 aliphatic carbocycles. The number of rotatable bonds is 6. The lowest BCUT2D eigenvalue weighted by Crippen LogP contribution is -2.45. The summed E-state index contributed by atoms with van der Waals surface area (Å²) in [5.41, 5.74) is 2.42. The van der Waals surface area contributed by atoms with Gasteiger partial charge in [0.1, 0.15) is 0 Å². The van der Waals surface area contributed by atoms with E-state index in [1.54, 1.807) is 0 Å². The SMILES string of the molecule is CCc1ccc(CN2CCC[C@H](CNC(=O)NC(C)C)C2)nc1. The van der Waals surface area contributed by atoms with Crippen LogP contribution in [0.4, 0.5) is 4.79 Å². The van der Waals surface area contributed by atoms with Crippen LogP contribution in [-0.2, 0) is 13.0 Å². The Morgan fingerprint density at radius 3 is 2.91 bits per heavy atom. The summed E-state index contributed by atoms with van der Waals surface area (Å²) in [6, 6.07) is 4.42. The van der Waals surface area contributed by atoms with Crippen molar-refractivity contribution < 1.29 is 4.79 Å². The molecule has 5 heteroatoms. The fourth-order valence-corrected chi connectivity index (χ4v) is 3.00. The van der Waals surface area contributed by atoms with E-state index in [0.717, 1.165) is 38.3 Å². The Hall–Kier alpha value is -1.62. The number of likely N-dealkylation sites (tertiary alicyclic amines) is 1. The number of hydrogen-bond acceptors (Lipinski definition) is 3. The summed E-state index contributed by atoms with van der Waals surface area (Å²) in [5, 5.41) is 5.86. The maximum Gasteiger partial charge on any atom is 0.314 e. The lowest BCUT2D eigenvalue weighted by Gasteiger charge is -2.32. The van der Waals surface area contributed by atoms with Gasteiger partial charge in [0.05, 0.1) is 5.69 Å². The minimum atomic E-state index is -0.0612. The van der Waals surface area contributed by atoms with E-state index in [0.29, 0.717) is 5.92 Å². The van der Waals surface area contributed by atoms with E-state index in [1.807, 2.05) is 20.0 Å². The van der Waals surface area contributed by atoms with Crippen molar-refractivity contribution in [3.05, 3.63) is 29.6 Å². The quantitative estimate of drug-likeness (QED) is 0.847. The van der Waals surface area contributed by atoms with Crippen LogP contribution in [0.5, 0.6) is 0 Å². The first-order valence-electron chi connectivity index (χ1n) is 8.77. The predicted molar refractivity (Wildman–Crippen MR) is 93.3 cm³/mol. The van der Waals surface area contributed by atoms with Crippen LogP contribution in [0.25, 0.3) is 0 Å². The summed E-state index contributed by atoms with van der Waals surface area (Å²) < 4.78 is 0. The molecule has 0 aromatic carbocycles. The van der Waals surface area contributed by atoms with Gasteiger partial charge in [-0.25, -0.2) is 4.79 Å². The largest absolute Gasteiger partial charge is 0.338 e. The van der Waals surface area contributed by atoms with Crippen molar-refractivity contribution in [2.75, 3.05) is 19.6 Å². The van der Waals surface area contributed by atoms with Crippen molar-refractivity contribution in [1.82, 2.24) is 20.5 Å². The zero-order valence-electron chi connectivity index (χ0n) is 14.6. The molecule has 2 heterocycles. The number of piperidine rings is 1. The van der Waals surface area contributed by atoms with Crippen molar-refractivity contribution in [3.63, 3.8) is 0 Å². The number of aryl methyl sites for hydroxylation is 1. The van der Waals surface area contributed by atoms with Crippen molar-refractivity contribution in [1.29, 1.82) is 0 Å². The Bertz CT molecular complexity index is 486. The van der Waals surface area contributed by atoms with Crippen molar-refractivity contribution in [2.24, 2.45) is 5.92 Å². The third kappa shape index (κ3) is 6.18. The van der Waals surface area contributed by atoms with Gasteiger partial charge in [0.2, 0.25) is 0 Å². The van der Waals surface area contributed by atoms with E-state index in [-0.39, 0.29) is 12.1 Å². The number of hydrogen-bond donors (Lipinski definition) is 2. The Balaban J connectivity index is 1.77. The third-order valence-corrected chi connectivity index (χ3v) is 4.25. The highest BCUT2D eigenvalue weighted by Gasteiger charge is 2.20. The summed E-state index contributed by atoms with van der Waals surface area (Å²) in [5.74, 6) is 0.525.